The number of benzene rings is 1. The minimum absolute atomic E-state index is 0.0541. The van der Waals surface area contributed by atoms with Gasteiger partial charge in [0, 0.05) is 13.0 Å². The molecular weight excluding hydrogens is 1020 g/mol. The van der Waals surface area contributed by atoms with Gasteiger partial charge in [-0.05, 0) is 109 Å². The Hall–Kier alpha value is -6.36. The Kier molecular flexibility index (Phi) is 28.6. The van der Waals surface area contributed by atoms with Gasteiger partial charge in [-0.25, -0.2) is 0 Å². The normalized spacial score (nSPS) is 25.0. The first-order valence-corrected chi connectivity index (χ1v) is 26.9. The molecule has 4 unspecified atom stereocenters. The Morgan fingerprint density at radius 1 is 0.577 bits per heavy atom. The van der Waals surface area contributed by atoms with Gasteiger partial charge in [0.05, 0.1) is 12.2 Å². The summed E-state index contributed by atoms with van der Waals surface area (Å²) < 4.78 is 0. The van der Waals surface area contributed by atoms with E-state index < -0.39 is 145 Å². The molecule has 1 aliphatic heterocycles. The number of aliphatic hydroxyl groups is 3. The van der Waals surface area contributed by atoms with Crippen LogP contribution < -0.4 is 76.1 Å². The molecule has 1 saturated heterocycles. The predicted molar refractivity (Wildman–Crippen MR) is 285 cm³/mol. The van der Waals surface area contributed by atoms with Crippen LogP contribution in [0.15, 0.2) is 30.3 Å². The van der Waals surface area contributed by atoms with Crippen molar-refractivity contribution in [3.8, 4) is 0 Å². The standard InChI is InChI=1S/C51H86N14O13/c1-27(2)25-37-47(74)59-32(15-20-52)42(69)58-35(18-23-55)46(73)64-39(28(3)66)49(76)56-24-19-36(45(72)57-33(16-21-53)44(71)63-38(48(75)62-37)26-30-11-7-5-8-12-30)60-43(70)34(17-22-54)61-50(77)40(29(4)67)65-51(78)41(68)31-13-9-6-10-14-31/h5,7-8,11-12,27-29,31-41,66-68H,6,9-10,13-26,52-55H2,1-4H3,(H,56,76)(H,57,72)(H,58,69)(H,59,74)(H,60,70)(H,61,77)(H,62,75)(H,63,71)(H,64,73)(H,65,78)/t28?,29?,32-,33-,34-,35-,36-,37-,38+,39?,40-,41?/m0/s1. The van der Waals surface area contributed by atoms with Crippen LogP contribution in [0.4, 0.5) is 0 Å². The summed E-state index contributed by atoms with van der Waals surface area (Å²) in [6, 6.07) is -4.82. The molecule has 438 valence electrons. The van der Waals surface area contributed by atoms with Gasteiger partial charge in [0.25, 0.3) is 0 Å². The number of carbonyl (C=O) groups excluding carboxylic acids is 10. The molecule has 0 spiro atoms. The molecule has 2 aliphatic rings. The summed E-state index contributed by atoms with van der Waals surface area (Å²) in [5.41, 5.74) is 24.1. The average molecular weight is 1100 g/mol. The number of aliphatic hydroxyl groups excluding tert-OH is 3. The summed E-state index contributed by atoms with van der Waals surface area (Å²) in [7, 11) is 0. The van der Waals surface area contributed by atoms with Crippen LogP contribution in [0.2, 0.25) is 0 Å². The zero-order valence-electron chi connectivity index (χ0n) is 45.2. The van der Waals surface area contributed by atoms with Crippen molar-refractivity contribution in [2.75, 3.05) is 32.7 Å². The van der Waals surface area contributed by atoms with Crippen molar-refractivity contribution in [1.82, 2.24) is 53.2 Å². The van der Waals surface area contributed by atoms with Gasteiger partial charge in [-0.2, -0.15) is 0 Å². The van der Waals surface area contributed by atoms with Gasteiger partial charge < -0.3 is 91.4 Å². The third kappa shape index (κ3) is 21.5. The monoisotopic (exact) mass is 1100 g/mol. The van der Waals surface area contributed by atoms with Gasteiger partial charge in [0.2, 0.25) is 59.1 Å². The fraction of sp³-hybridized carbons (Fsp3) is 0.686. The van der Waals surface area contributed by atoms with E-state index in [0.29, 0.717) is 18.4 Å². The second-order valence-electron chi connectivity index (χ2n) is 20.4. The van der Waals surface area contributed by atoms with Crippen molar-refractivity contribution < 1.29 is 63.3 Å². The molecule has 2 fully saturated rings. The number of amides is 10. The molecule has 0 radical (unpaired) electrons. The van der Waals surface area contributed by atoms with E-state index in [1.807, 2.05) is 0 Å². The largest absolute Gasteiger partial charge is 0.391 e. The topological polar surface area (TPSA) is 456 Å². The molecule has 12 atom stereocenters. The number of hydrogen-bond acceptors (Lipinski definition) is 17. The van der Waals surface area contributed by atoms with Gasteiger partial charge in [-0.1, -0.05) is 63.4 Å². The van der Waals surface area contributed by atoms with Crippen LogP contribution >= 0.6 is 0 Å². The second-order valence-corrected chi connectivity index (χ2v) is 20.4. The van der Waals surface area contributed by atoms with Crippen molar-refractivity contribution in [3.63, 3.8) is 0 Å². The van der Waals surface area contributed by atoms with Crippen LogP contribution in [-0.2, 0) is 54.4 Å². The first kappa shape index (κ1) is 65.9. The highest BCUT2D eigenvalue weighted by atomic mass is 16.3. The molecule has 27 nitrogen and oxygen atoms in total. The van der Waals surface area contributed by atoms with E-state index in [1.54, 1.807) is 44.2 Å². The second kappa shape index (κ2) is 33.8. The minimum atomic E-state index is -1.67. The zero-order chi connectivity index (χ0) is 58.1. The van der Waals surface area contributed by atoms with Crippen LogP contribution in [0.3, 0.4) is 0 Å². The van der Waals surface area contributed by atoms with Crippen molar-refractivity contribution in [3.05, 3.63) is 35.9 Å². The van der Waals surface area contributed by atoms with Crippen LogP contribution in [0.25, 0.3) is 0 Å². The summed E-state index contributed by atoms with van der Waals surface area (Å²) in [4.78, 5) is 140. The van der Waals surface area contributed by atoms with Crippen molar-refractivity contribution >= 4 is 59.1 Å². The minimum Gasteiger partial charge on any atom is -0.391 e. The lowest BCUT2D eigenvalue weighted by atomic mass is 9.85. The molecule has 10 amide bonds. The van der Waals surface area contributed by atoms with Crippen LogP contribution in [0.5, 0.6) is 0 Å². The molecule has 78 heavy (non-hydrogen) atoms. The molecule has 1 saturated carbocycles. The van der Waals surface area contributed by atoms with E-state index >= 15 is 0 Å². The van der Waals surface area contributed by atoms with Crippen LogP contribution in [0, 0.1) is 11.8 Å². The number of carbonyl (C=O) groups is 10. The summed E-state index contributed by atoms with van der Waals surface area (Å²) >= 11 is 0. The summed E-state index contributed by atoms with van der Waals surface area (Å²) in [5.74, 6) is -9.80. The highest BCUT2D eigenvalue weighted by molar-refractivity contribution is 5.99. The fourth-order valence-electron chi connectivity index (χ4n) is 9.08. The molecule has 0 bridgehead atoms. The molecule has 1 heterocycles. The molecule has 3 rings (SSSR count). The number of nitrogens with one attached hydrogen (secondary N) is 10. The van der Waals surface area contributed by atoms with Crippen molar-refractivity contribution in [2.24, 2.45) is 34.8 Å². The van der Waals surface area contributed by atoms with Crippen LogP contribution in [0.1, 0.15) is 104 Å². The Morgan fingerprint density at radius 2 is 1.08 bits per heavy atom. The lowest BCUT2D eigenvalue weighted by molar-refractivity contribution is -0.139. The van der Waals surface area contributed by atoms with E-state index in [0.717, 1.165) is 19.3 Å². The molecular formula is C51H86N14O13. The first-order chi connectivity index (χ1) is 37.0. The Morgan fingerprint density at radius 3 is 1.59 bits per heavy atom. The molecule has 1 aliphatic carbocycles. The zero-order valence-corrected chi connectivity index (χ0v) is 45.2. The van der Waals surface area contributed by atoms with E-state index in [1.165, 1.54) is 13.8 Å². The average Bonchev–Trinajstić information content (AvgIpc) is 3.39. The van der Waals surface area contributed by atoms with E-state index in [2.05, 4.69) is 53.2 Å². The lowest BCUT2D eigenvalue weighted by Crippen LogP contribution is -2.61. The maximum absolute atomic E-state index is 14.4. The molecule has 1 aromatic rings. The fourth-order valence-corrected chi connectivity index (χ4v) is 9.08. The van der Waals surface area contributed by atoms with Crippen LogP contribution in [-0.4, -0.2) is 180 Å². The highest BCUT2D eigenvalue weighted by Crippen LogP contribution is 2.26. The van der Waals surface area contributed by atoms with Gasteiger partial charge in [0.1, 0.15) is 60.5 Å². The Bertz CT molecular complexity index is 2150. The van der Waals surface area contributed by atoms with Crippen molar-refractivity contribution in [2.45, 2.75) is 177 Å². The van der Waals surface area contributed by atoms with Gasteiger partial charge in [-0.3, -0.25) is 47.9 Å². The highest BCUT2D eigenvalue weighted by Gasteiger charge is 2.38. The van der Waals surface area contributed by atoms with Gasteiger partial charge in [-0.15, -0.1) is 0 Å². The van der Waals surface area contributed by atoms with E-state index in [4.69, 9.17) is 22.9 Å². The Balaban J connectivity index is 2.09. The third-order valence-corrected chi connectivity index (χ3v) is 13.5. The van der Waals surface area contributed by atoms with E-state index in [9.17, 15) is 63.3 Å². The number of nitrogens with two attached hydrogens (primary N) is 4. The third-order valence-electron chi connectivity index (χ3n) is 13.5. The number of rotatable bonds is 21. The number of hydrogen-bond donors (Lipinski definition) is 17. The maximum atomic E-state index is 14.4. The summed E-state index contributed by atoms with van der Waals surface area (Å²) in [6.07, 6.45) is -2.03. The van der Waals surface area contributed by atoms with Crippen molar-refractivity contribution in [1.29, 1.82) is 0 Å². The molecule has 21 N–H and O–H groups in total. The molecule has 27 heteroatoms. The van der Waals surface area contributed by atoms with Gasteiger partial charge in [0.15, 0.2) is 0 Å². The summed E-state index contributed by atoms with van der Waals surface area (Å²) in [5, 5.41) is 57.5. The van der Waals surface area contributed by atoms with E-state index in [-0.39, 0.29) is 76.5 Å². The Labute approximate surface area is 455 Å². The predicted octanol–water partition coefficient (Wildman–Crippen LogP) is -5.74. The molecule has 0 aromatic heterocycles. The lowest BCUT2D eigenvalue weighted by Gasteiger charge is -2.29. The maximum Gasteiger partial charge on any atom is 0.249 e. The SMILES string of the molecule is CC(C)C[C@@H]1NC(=O)[C@@H](Cc2ccccc2)NC(=O)[C@H](CCN)NC(=O)[C@@H](NC(=O)[C@H](CCN)NC(=O)[C@@H](NC(=O)C(O)C2CCCCC2)C(C)O)CCNC(=O)C(C(C)O)NC(=O)[C@H](CCN)NC(=O)[C@H](CCN)NC1=O. The summed E-state index contributed by atoms with van der Waals surface area (Å²) in [6.45, 7) is 4.93. The molecule has 1 aromatic carbocycles. The van der Waals surface area contributed by atoms with Gasteiger partial charge >= 0.3 is 0 Å². The smallest absolute Gasteiger partial charge is 0.249 e. The quantitative estimate of drug-likeness (QED) is 0.0545. The first-order valence-electron chi connectivity index (χ1n) is 26.9.